The maximum Gasteiger partial charge on any atom is 0.270 e. The minimum Gasteiger partial charge on any atom is -0.493 e. The molecule has 0 aliphatic heterocycles. The summed E-state index contributed by atoms with van der Waals surface area (Å²) < 4.78 is 15.8. The number of amides is 1. The van der Waals surface area contributed by atoms with Gasteiger partial charge in [-0.2, -0.15) is 0 Å². The second-order valence-corrected chi connectivity index (χ2v) is 6.35. The van der Waals surface area contributed by atoms with Gasteiger partial charge in [-0.05, 0) is 49.2 Å². The van der Waals surface area contributed by atoms with Crippen molar-refractivity contribution < 1.29 is 18.7 Å². The number of anilines is 1. The SMILES string of the molecule is COc1ccc(CCNC(=O)c2cc(C)nc(NCc3ccco3)n2)cc1OC. The molecule has 0 saturated carbocycles. The number of aromatic nitrogens is 2. The molecule has 0 spiro atoms. The number of nitrogens with zero attached hydrogens (tertiary/aromatic N) is 2. The molecule has 0 unspecified atom stereocenters. The van der Waals surface area contributed by atoms with Gasteiger partial charge in [-0.25, -0.2) is 9.97 Å². The van der Waals surface area contributed by atoms with Gasteiger partial charge in [0.2, 0.25) is 5.95 Å². The molecule has 2 aromatic heterocycles. The van der Waals surface area contributed by atoms with E-state index in [1.54, 1.807) is 26.5 Å². The van der Waals surface area contributed by atoms with E-state index < -0.39 is 0 Å². The Morgan fingerprint density at radius 3 is 2.66 bits per heavy atom. The van der Waals surface area contributed by atoms with Crippen molar-refractivity contribution in [3.63, 3.8) is 0 Å². The molecule has 0 saturated heterocycles. The van der Waals surface area contributed by atoms with Crippen molar-refractivity contribution >= 4 is 11.9 Å². The molecule has 0 bridgehead atoms. The Balaban J connectivity index is 1.57. The Kier molecular flexibility index (Phi) is 6.67. The van der Waals surface area contributed by atoms with E-state index in [0.29, 0.717) is 48.3 Å². The fraction of sp³-hybridized carbons (Fsp3) is 0.286. The molecule has 0 aliphatic carbocycles. The van der Waals surface area contributed by atoms with E-state index in [-0.39, 0.29) is 5.91 Å². The highest BCUT2D eigenvalue weighted by Crippen LogP contribution is 2.27. The second kappa shape index (κ2) is 9.59. The van der Waals surface area contributed by atoms with Crippen molar-refractivity contribution in [2.24, 2.45) is 0 Å². The van der Waals surface area contributed by atoms with Crippen molar-refractivity contribution in [2.75, 3.05) is 26.1 Å². The number of nitrogens with one attached hydrogen (secondary N) is 2. The van der Waals surface area contributed by atoms with Gasteiger partial charge < -0.3 is 24.5 Å². The predicted molar refractivity (Wildman–Crippen MR) is 108 cm³/mol. The molecule has 2 heterocycles. The average molecular weight is 396 g/mol. The first-order chi connectivity index (χ1) is 14.1. The van der Waals surface area contributed by atoms with Crippen molar-refractivity contribution in [1.29, 1.82) is 0 Å². The van der Waals surface area contributed by atoms with Crippen LogP contribution in [0.3, 0.4) is 0 Å². The van der Waals surface area contributed by atoms with Crippen LogP contribution >= 0.6 is 0 Å². The largest absolute Gasteiger partial charge is 0.493 e. The Morgan fingerprint density at radius 2 is 1.93 bits per heavy atom. The maximum absolute atomic E-state index is 12.5. The molecule has 3 aromatic rings. The van der Waals surface area contributed by atoms with Crippen LogP contribution < -0.4 is 20.1 Å². The molecule has 2 N–H and O–H groups in total. The van der Waals surface area contributed by atoms with Gasteiger partial charge >= 0.3 is 0 Å². The van der Waals surface area contributed by atoms with Gasteiger partial charge in [0.15, 0.2) is 11.5 Å². The molecule has 0 atom stereocenters. The quantitative estimate of drug-likeness (QED) is 0.574. The van der Waals surface area contributed by atoms with E-state index in [9.17, 15) is 4.79 Å². The number of benzene rings is 1. The highest BCUT2D eigenvalue weighted by Gasteiger charge is 2.11. The zero-order valence-corrected chi connectivity index (χ0v) is 16.7. The summed E-state index contributed by atoms with van der Waals surface area (Å²) in [6, 6.07) is 11.0. The van der Waals surface area contributed by atoms with Crippen LogP contribution in [0.2, 0.25) is 0 Å². The number of aryl methyl sites for hydroxylation is 1. The molecule has 8 heteroatoms. The Hall–Kier alpha value is -3.55. The van der Waals surface area contributed by atoms with Gasteiger partial charge in [0.1, 0.15) is 11.5 Å². The monoisotopic (exact) mass is 396 g/mol. The summed E-state index contributed by atoms with van der Waals surface area (Å²) in [5, 5.41) is 5.96. The number of furan rings is 1. The number of methoxy groups -OCH3 is 2. The molecular formula is C21H24N4O4. The topological polar surface area (TPSA) is 98.5 Å². The lowest BCUT2D eigenvalue weighted by molar-refractivity contribution is 0.0949. The molecule has 0 aliphatic rings. The van der Waals surface area contributed by atoms with Crippen LogP contribution in [0, 0.1) is 6.92 Å². The Labute approximate surface area is 169 Å². The molecule has 152 valence electrons. The van der Waals surface area contributed by atoms with E-state index in [2.05, 4.69) is 20.6 Å². The zero-order valence-electron chi connectivity index (χ0n) is 16.7. The third-order valence-electron chi connectivity index (χ3n) is 4.23. The van der Waals surface area contributed by atoms with Crippen molar-refractivity contribution in [3.8, 4) is 11.5 Å². The first-order valence-corrected chi connectivity index (χ1v) is 9.20. The molecule has 1 amide bonds. The highest BCUT2D eigenvalue weighted by molar-refractivity contribution is 5.92. The summed E-state index contributed by atoms with van der Waals surface area (Å²) in [6.45, 7) is 2.73. The molecule has 3 rings (SSSR count). The highest BCUT2D eigenvalue weighted by atomic mass is 16.5. The van der Waals surface area contributed by atoms with Crippen LogP contribution in [0.4, 0.5) is 5.95 Å². The summed E-state index contributed by atoms with van der Waals surface area (Å²) in [5.74, 6) is 2.22. The van der Waals surface area contributed by atoms with Crippen LogP contribution in [0.15, 0.2) is 47.1 Å². The van der Waals surface area contributed by atoms with Gasteiger partial charge in [-0.3, -0.25) is 4.79 Å². The summed E-state index contributed by atoms with van der Waals surface area (Å²) in [4.78, 5) is 21.1. The number of ether oxygens (including phenoxy) is 2. The molecular weight excluding hydrogens is 372 g/mol. The zero-order chi connectivity index (χ0) is 20.6. The van der Waals surface area contributed by atoms with Crippen LogP contribution in [0.25, 0.3) is 0 Å². The fourth-order valence-electron chi connectivity index (χ4n) is 2.79. The lowest BCUT2D eigenvalue weighted by atomic mass is 10.1. The van der Waals surface area contributed by atoms with E-state index >= 15 is 0 Å². The van der Waals surface area contributed by atoms with Crippen molar-refractivity contribution in [3.05, 3.63) is 65.4 Å². The molecule has 29 heavy (non-hydrogen) atoms. The minimum atomic E-state index is -0.253. The number of carbonyl (C=O) groups excluding carboxylic acids is 1. The third-order valence-corrected chi connectivity index (χ3v) is 4.23. The van der Waals surface area contributed by atoms with Crippen molar-refractivity contribution in [1.82, 2.24) is 15.3 Å². The number of rotatable bonds is 9. The van der Waals surface area contributed by atoms with Gasteiger partial charge in [0, 0.05) is 12.2 Å². The number of carbonyl (C=O) groups is 1. The Bertz CT molecular complexity index is 957. The average Bonchev–Trinajstić information content (AvgIpc) is 3.25. The normalized spacial score (nSPS) is 10.4. The van der Waals surface area contributed by atoms with Crippen LogP contribution in [-0.4, -0.2) is 36.6 Å². The number of hydrogen-bond donors (Lipinski definition) is 2. The van der Waals surface area contributed by atoms with E-state index in [1.807, 2.05) is 37.3 Å². The first-order valence-electron chi connectivity index (χ1n) is 9.20. The molecule has 0 fully saturated rings. The summed E-state index contributed by atoms with van der Waals surface area (Å²) in [7, 11) is 3.19. The van der Waals surface area contributed by atoms with Crippen LogP contribution in [0.1, 0.15) is 27.5 Å². The van der Waals surface area contributed by atoms with E-state index in [4.69, 9.17) is 13.9 Å². The smallest absolute Gasteiger partial charge is 0.270 e. The van der Waals surface area contributed by atoms with Crippen LogP contribution in [-0.2, 0) is 13.0 Å². The Morgan fingerprint density at radius 1 is 1.10 bits per heavy atom. The van der Waals surface area contributed by atoms with E-state index in [1.165, 1.54) is 0 Å². The molecule has 1 aromatic carbocycles. The van der Waals surface area contributed by atoms with E-state index in [0.717, 1.165) is 11.3 Å². The fourth-order valence-corrected chi connectivity index (χ4v) is 2.79. The van der Waals surface area contributed by atoms with Crippen LogP contribution in [0.5, 0.6) is 11.5 Å². The van der Waals surface area contributed by atoms with Gasteiger partial charge in [0.25, 0.3) is 5.91 Å². The molecule has 8 nitrogen and oxygen atoms in total. The summed E-state index contributed by atoms with van der Waals surface area (Å²) in [5.41, 5.74) is 2.04. The molecule has 0 radical (unpaired) electrons. The minimum absolute atomic E-state index is 0.253. The van der Waals surface area contributed by atoms with Gasteiger partial charge in [-0.1, -0.05) is 6.07 Å². The van der Waals surface area contributed by atoms with Gasteiger partial charge in [0.05, 0.1) is 27.0 Å². The van der Waals surface area contributed by atoms with Gasteiger partial charge in [-0.15, -0.1) is 0 Å². The maximum atomic E-state index is 12.5. The number of hydrogen-bond acceptors (Lipinski definition) is 7. The second-order valence-electron chi connectivity index (χ2n) is 6.35. The predicted octanol–water partition coefficient (Wildman–Crippen LogP) is 2.98. The first kappa shape index (κ1) is 20.2. The summed E-state index contributed by atoms with van der Waals surface area (Å²) in [6.07, 6.45) is 2.26. The lowest BCUT2D eigenvalue weighted by Gasteiger charge is -2.10. The standard InChI is InChI=1S/C21H24N4O4/c1-14-11-17(25-21(24-14)23-13-16-5-4-10-29-16)20(26)22-9-8-15-6-7-18(27-2)19(12-15)28-3/h4-7,10-12H,8-9,13H2,1-3H3,(H,22,26)(H,23,24,25). The summed E-state index contributed by atoms with van der Waals surface area (Å²) >= 11 is 0. The lowest BCUT2D eigenvalue weighted by Crippen LogP contribution is -2.27. The third kappa shape index (κ3) is 5.47. The van der Waals surface area contributed by atoms with Crippen molar-refractivity contribution in [2.45, 2.75) is 19.9 Å².